The third-order valence-electron chi connectivity index (χ3n) is 4.03. The molecular formula is C14H19N3O5. The van der Waals surface area contributed by atoms with Crippen LogP contribution >= 0.6 is 0 Å². The lowest BCUT2D eigenvalue weighted by Crippen LogP contribution is -2.36. The van der Waals surface area contributed by atoms with Gasteiger partial charge in [-0.1, -0.05) is 25.7 Å². The van der Waals surface area contributed by atoms with Crippen LogP contribution in [0.5, 0.6) is 0 Å². The first-order valence-corrected chi connectivity index (χ1v) is 7.30. The highest BCUT2D eigenvalue weighted by molar-refractivity contribution is 5.65. The third kappa shape index (κ3) is 3.91. The number of aliphatic hydroxyl groups is 1. The molecule has 0 aromatic heterocycles. The number of nitro groups is 2. The summed E-state index contributed by atoms with van der Waals surface area (Å²) in [6.45, 7) is 0.200. The van der Waals surface area contributed by atoms with Crippen LogP contribution in [0.2, 0.25) is 0 Å². The van der Waals surface area contributed by atoms with Gasteiger partial charge in [0.15, 0.2) is 0 Å². The number of benzene rings is 1. The maximum atomic E-state index is 11.1. The number of rotatable bonds is 5. The molecule has 8 nitrogen and oxygen atoms in total. The van der Waals surface area contributed by atoms with Crippen molar-refractivity contribution in [3.63, 3.8) is 0 Å². The number of nitro benzene ring substituents is 2. The molecular weight excluding hydrogens is 290 g/mol. The SMILES string of the molecule is O=[N+]([O-])c1ccc(NCC2(O)CCCCCC2)c([N+](=O)[O-])c1. The molecule has 0 saturated heterocycles. The number of nitrogens with zero attached hydrogens (tertiary/aromatic N) is 2. The average Bonchev–Trinajstić information content (AvgIpc) is 2.70. The molecule has 22 heavy (non-hydrogen) atoms. The van der Waals surface area contributed by atoms with Crippen molar-refractivity contribution in [3.8, 4) is 0 Å². The number of hydrogen-bond acceptors (Lipinski definition) is 6. The van der Waals surface area contributed by atoms with Crippen molar-refractivity contribution in [2.45, 2.75) is 44.1 Å². The second-order valence-electron chi connectivity index (χ2n) is 5.71. The first kappa shape index (κ1) is 16.2. The third-order valence-corrected chi connectivity index (χ3v) is 4.03. The lowest BCUT2D eigenvalue weighted by molar-refractivity contribution is -0.393. The van der Waals surface area contributed by atoms with Crippen LogP contribution in [-0.2, 0) is 0 Å². The Kier molecular flexibility index (Phi) is 4.92. The molecule has 1 fully saturated rings. The van der Waals surface area contributed by atoms with Crippen LogP contribution in [0.1, 0.15) is 38.5 Å². The lowest BCUT2D eigenvalue weighted by atomic mass is 9.94. The predicted molar refractivity (Wildman–Crippen MR) is 80.9 cm³/mol. The molecule has 0 heterocycles. The Hall–Kier alpha value is -2.22. The smallest absolute Gasteiger partial charge is 0.299 e. The van der Waals surface area contributed by atoms with E-state index in [1.807, 2.05) is 0 Å². The Labute approximate surface area is 127 Å². The summed E-state index contributed by atoms with van der Waals surface area (Å²) in [6.07, 6.45) is 5.34. The number of non-ortho nitro benzene ring substituents is 1. The van der Waals surface area contributed by atoms with E-state index in [0.29, 0.717) is 12.8 Å². The molecule has 120 valence electrons. The van der Waals surface area contributed by atoms with E-state index >= 15 is 0 Å². The summed E-state index contributed by atoms with van der Waals surface area (Å²) in [5, 5.41) is 35.2. The van der Waals surface area contributed by atoms with Gasteiger partial charge in [-0.25, -0.2) is 0 Å². The Morgan fingerprint density at radius 3 is 2.27 bits per heavy atom. The minimum absolute atomic E-state index is 0.188. The van der Waals surface area contributed by atoms with Gasteiger partial charge in [-0.05, 0) is 18.9 Å². The highest BCUT2D eigenvalue weighted by Crippen LogP contribution is 2.31. The van der Waals surface area contributed by atoms with Crippen molar-refractivity contribution in [2.24, 2.45) is 0 Å². The first-order valence-electron chi connectivity index (χ1n) is 7.30. The largest absolute Gasteiger partial charge is 0.388 e. The fourth-order valence-corrected chi connectivity index (χ4v) is 2.76. The summed E-state index contributed by atoms with van der Waals surface area (Å²) < 4.78 is 0. The molecule has 1 aliphatic rings. The van der Waals surface area contributed by atoms with E-state index in [2.05, 4.69) is 5.32 Å². The first-order chi connectivity index (χ1) is 10.4. The molecule has 0 bridgehead atoms. The molecule has 1 aromatic carbocycles. The van der Waals surface area contributed by atoms with E-state index in [4.69, 9.17) is 0 Å². The minimum atomic E-state index is -0.883. The van der Waals surface area contributed by atoms with Gasteiger partial charge < -0.3 is 10.4 Å². The van der Waals surface area contributed by atoms with E-state index in [9.17, 15) is 25.3 Å². The summed E-state index contributed by atoms with van der Waals surface area (Å²) in [4.78, 5) is 20.4. The summed E-state index contributed by atoms with van der Waals surface area (Å²) >= 11 is 0. The number of anilines is 1. The summed E-state index contributed by atoms with van der Waals surface area (Å²) in [6, 6.07) is 3.46. The molecule has 0 atom stereocenters. The molecule has 0 amide bonds. The van der Waals surface area contributed by atoms with Gasteiger partial charge in [-0.3, -0.25) is 20.2 Å². The molecule has 0 unspecified atom stereocenters. The molecule has 0 radical (unpaired) electrons. The maximum absolute atomic E-state index is 11.1. The van der Waals surface area contributed by atoms with Gasteiger partial charge in [0.2, 0.25) is 0 Å². The van der Waals surface area contributed by atoms with Crippen LogP contribution in [0, 0.1) is 20.2 Å². The van der Waals surface area contributed by atoms with E-state index < -0.39 is 15.4 Å². The maximum Gasteiger partial charge on any atom is 0.299 e. The zero-order valence-corrected chi connectivity index (χ0v) is 12.2. The van der Waals surface area contributed by atoms with Crippen LogP contribution in [0.4, 0.5) is 17.1 Å². The predicted octanol–water partition coefficient (Wildman–Crippen LogP) is 3.00. The highest BCUT2D eigenvalue weighted by Gasteiger charge is 2.29. The van der Waals surface area contributed by atoms with Crippen LogP contribution < -0.4 is 5.32 Å². The molecule has 0 spiro atoms. The van der Waals surface area contributed by atoms with Crippen molar-refractivity contribution >= 4 is 17.1 Å². The summed E-state index contributed by atoms with van der Waals surface area (Å²) in [5.41, 5.74) is -1.38. The van der Waals surface area contributed by atoms with E-state index in [1.165, 1.54) is 12.1 Å². The van der Waals surface area contributed by atoms with E-state index in [0.717, 1.165) is 31.7 Å². The van der Waals surface area contributed by atoms with E-state index in [1.54, 1.807) is 0 Å². The standard InChI is InChI=1S/C14H19N3O5/c18-14(7-3-1-2-4-8-14)10-15-12-6-5-11(16(19)20)9-13(12)17(21)22/h5-6,9,15,18H,1-4,7-8,10H2. The van der Waals surface area contributed by atoms with Gasteiger partial charge in [0.1, 0.15) is 5.69 Å². The molecule has 0 aliphatic heterocycles. The molecule has 1 aliphatic carbocycles. The summed E-state index contributed by atoms with van der Waals surface area (Å²) in [5.74, 6) is 0. The van der Waals surface area contributed by atoms with Gasteiger partial charge in [0.05, 0.1) is 21.5 Å². The second-order valence-corrected chi connectivity index (χ2v) is 5.71. The van der Waals surface area contributed by atoms with Crippen LogP contribution in [-0.4, -0.2) is 27.1 Å². The lowest BCUT2D eigenvalue weighted by Gasteiger charge is -2.27. The van der Waals surface area contributed by atoms with Crippen LogP contribution in [0.25, 0.3) is 0 Å². The normalized spacial score (nSPS) is 17.5. The van der Waals surface area contributed by atoms with Crippen LogP contribution in [0.15, 0.2) is 18.2 Å². The molecule has 2 rings (SSSR count). The molecule has 1 saturated carbocycles. The van der Waals surface area contributed by atoms with Gasteiger partial charge in [-0.2, -0.15) is 0 Å². The summed E-state index contributed by atoms with van der Waals surface area (Å²) in [7, 11) is 0. The number of hydrogen-bond donors (Lipinski definition) is 2. The van der Waals surface area contributed by atoms with Gasteiger partial charge in [0.25, 0.3) is 11.4 Å². The molecule has 1 aromatic rings. The molecule has 8 heteroatoms. The zero-order valence-electron chi connectivity index (χ0n) is 12.2. The van der Waals surface area contributed by atoms with Gasteiger partial charge in [0, 0.05) is 12.6 Å². The minimum Gasteiger partial charge on any atom is -0.388 e. The van der Waals surface area contributed by atoms with Crippen molar-refractivity contribution in [2.75, 3.05) is 11.9 Å². The number of nitrogens with one attached hydrogen (secondary N) is 1. The van der Waals surface area contributed by atoms with Crippen molar-refractivity contribution in [1.29, 1.82) is 0 Å². The van der Waals surface area contributed by atoms with Crippen molar-refractivity contribution < 1.29 is 15.0 Å². The Balaban J connectivity index is 2.14. The topological polar surface area (TPSA) is 119 Å². The van der Waals surface area contributed by atoms with Gasteiger partial charge in [-0.15, -0.1) is 0 Å². The zero-order chi connectivity index (χ0) is 16.2. The highest BCUT2D eigenvalue weighted by atomic mass is 16.6. The van der Waals surface area contributed by atoms with Crippen molar-refractivity contribution in [3.05, 3.63) is 38.4 Å². The van der Waals surface area contributed by atoms with Crippen molar-refractivity contribution in [1.82, 2.24) is 0 Å². The fraction of sp³-hybridized carbons (Fsp3) is 0.571. The average molecular weight is 309 g/mol. The second kappa shape index (κ2) is 6.69. The quantitative estimate of drug-likeness (QED) is 0.490. The molecule has 2 N–H and O–H groups in total. The Bertz CT molecular complexity index is 568. The van der Waals surface area contributed by atoms with Crippen LogP contribution in [0.3, 0.4) is 0 Å². The fourth-order valence-electron chi connectivity index (χ4n) is 2.76. The Morgan fingerprint density at radius 1 is 1.09 bits per heavy atom. The monoisotopic (exact) mass is 309 g/mol. The van der Waals surface area contributed by atoms with E-state index in [-0.39, 0.29) is 23.6 Å². The Morgan fingerprint density at radius 2 is 1.73 bits per heavy atom. The van der Waals surface area contributed by atoms with Gasteiger partial charge >= 0.3 is 0 Å².